The van der Waals surface area contributed by atoms with Gasteiger partial charge >= 0.3 is 0 Å². The van der Waals surface area contributed by atoms with Crippen molar-refractivity contribution in [3.8, 4) is 0 Å². The Labute approximate surface area is 134 Å². The molecule has 2 aromatic rings. The molecule has 0 aromatic carbocycles. The molecule has 0 aliphatic heterocycles. The van der Waals surface area contributed by atoms with Gasteiger partial charge in [0.15, 0.2) is 10.3 Å². The van der Waals surface area contributed by atoms with E-state index in [1.807, 2.05) is 0 Å². The van der Waals surface area contributed by atoms with Crippen LogP contribution < -0.4 is 5.32 Å². The van der Waals surface area contributed by atoms with Crippen molar-refractivity contribution in [3.05, 3.63) is 28.5 Å². The Kier molecular flexibility index (Phi) is 5.78. The highest BCUT2D eigenvalue weighted by atomic mass is 32.2. The molecule has 0 bridgehead atoms. The second-order valence-corrected chi connectivity index (χ2v) is 6.27. The smallest absolute Gasteiger partial charge is 0.291 e. The molecule has 0 aliphatic carbocycles. The van der Waals surface area contributed by atoms with E-state index in [1.54, 1.807) is 25.4 Å². The average Bonchev–Trinajstić information content (AvgIpc) is 2.89. The van der Waals surface area contributed by atoms with E-state index in [0.717, 1.165) is 5.56 Å². The number of hydrogen-bond acceptors (Lipinski definition) is 6. The first-order valence-electron chi connectivity index (χ1n) is 6.44. The van der Waals surface area contributed by atoms with E-state index in [-0.39, 0.29) is 17.5 Å². The Hall–Kier alpha value is -1.61. The first kappa shape index (κ1) is 16.8. The average molecular weight is 344 g/mol. The predicted molar refractivity (Wildman–Crippen MR) is 82.4 cm³/mol. The maximum absolute atomic E-state index is 12.3. The van der Waals surface area contributed by atoms with Crippen molar-refractivity contribution in [1.29, 1.82) is 0 Å². The molecule has 22 heavy (non-hydrogen) atoms. The maximum Gasteiger partial charge on any atom is 0.291 e. The summed E-state index contributed by atoms with van der Waals surface area (Å²) in [5.74, 6) is -2.70. The summed E-state index contributed by atoms with van der Waals surface area (Å²) in [4.78, 5) is 23.9. The minimum atomic E-state index is -2.55. The number of carbonyl (C=O) groups excluding carboxylic acids is 1. The van der Waals surface area contributed by atoms with Crippen LogP contribution in [-0.2, 0) is 11.2 Å². The molecule has 0 saturated heterocycles. The molecular weight excluding hydrogens is 330 g/mol. The van der Waals surface area contributed by atoms with Crippen molar-refractivity contribution in [2.24, 2.45) is 0 Å². The van der Waals surface area contributed by atoms with Gasteiger partial charge in [-0.25, -0.2) is 15.0 Å². The number of aryl methyl sites for hydroxylation is 2. The van der Waals surface area contributed by atoms with E-state index in [1.165, 1.54) is 11.3 Å². The van der Waals surface area contributed by atoms with Crippen molar-refractivity contribution >= 4 is 34.1 Å². The van der Waals surface area contributed by atoms with E-state index in [9.17, 15) is 13.6 Å². The molecule has 5 nitrogen and oxygen atoms in total. The third-order valence-electron chi connectivity index (χ3n) is 2.88. The summed E-state index contributed by atoms with van der Waals surface area (Å²) in [6, 6.07) is 0. The lowest BCUT2D eigenvalue weighted by Gasteiger charge is -2.10. The topological polar surface area (TPSA) is 67.8 Å². The third kappa shape index (κ3) is 4.70. The second-order valence-electron chi connectivity index (χ2n) is 4.42. The van der Waals surface area contributed by atoms with Crippen LogP contribution in [0.3, 0.4) is 0 Å². The summed E-state index contributed by atoms with van der Waals surface area (Å²) in [5.41, 5.74) is 2.06. The van der Waals surface area contributed by atoms with E-state index >= 15 is 0 Å². The number of hydrogen-bond donors (Lipinski definition) is 1. The highest BCUT2D eigenvalue weighted by molar-refractivity contribution is 7.99. The van der Waals surface area contributed by atoms with Crippen molar-refractivity contribution in [2.75, 3.05) is 5.32 Å². The largest absolute Gasteiger partial charge is 0.302 e. The number of nitrogens with one attached hydrogen (secondary N) is 1. The Morgan fingerprint density at radius 3 is 2.59 bits per heavy atom. The normalized spacial score (nSPS) is 11.0. The van der Waals surface area contributed by atoms with Gasteiger partial charge in [-0.15, -0.1) is 11.3 Å². The quantitative estimate of drug-likeness (QED) is 0.642. The molecule has 2 aromatic heterocycles. The monoisotopic (exact) mass is 344 g/mol. The van der Waals surface area contributed by atoms with Gasteiger partial charge in [-0.3, -0.25) is 4.79 Å². The van der Waals surface area contributed by atoms with Crippen LogP contribution in [0.4, 0.5) is 13.9 Å². The number of alkyl halides is 2. The lowest BCUT2D eigenvalue weighted by Crippen LogP contribution is -2.13. The number of nitrogens with zero attached hydrogens (tertiary/aromatic N) is 3. The van der Waals surface area contributed by atoms with Crippen LogP contribution in [0, 0.1) is 13.8 Å². The summed E-state index contributed by atoms with van der Waals surface area (Å²) in [6.45, 7) is 3.47. The van der Waals surface area contributed by atoms with Crippen LogP contribution in [0.25, 0.3) is 0 Å². The zero-order valence-electron chi connectivity index (χ0n) is 12.0. The molecule has 1 N–H and O–H groups in total. The Bertz CT molecular complexity index is 626. The van der Waals surface area contributed by atoms with E-state index in [2.05, 4.69) is 20.3 Å². The van der Waals surface area contributed by atoms with Crippen LogP contribution in [-0.4, -0.2) is 26.6 Å². The lowest BCUT2D eigenvalue weighted by molar-refractivity contribution is -0.116. The van der Waals surface area contributed by atoms with Gasteiger partial charge in [0.2, 0.25) is 5.91 Å². The molecule has 118 valence electrons. The van der Waals surface area contributed by atoms with Crippen molar-refractivity contribution in [1.82, 2.24) is 15.0 Å². The highest BCUT2D eigenvalue weighted by Crippen LogP contribution is 2.24. The zero-order valence-corrected chi connectivity index (χ0v) is 13.6. The molecule has 0 aliphatic rings. The number of anilines is 1. The van der Waals surface area contributed by atoms with Gasteiger partial charge < -0.3 is 5.32 Å². The zero-order chi connectivity index (χ0) is 16.1. The van der Waals surface area contributed by atoms with Crippen molar-refractivity contribution < 1.29 is 13.6 Å². The lowest BCUT2D eigenvalue weighted by atomic mass is 10.1. The number of thioether (sulfide) groups is 1. The molecule has 2 heterocycles. The van der Waals surface area contributed by atoms with E-state index in [0.29, 0.717) is 34.7 Å². The highest BCUT2D eigenvalue weighted by Gasteiger charge is 2.14. The summed E-state index contributed by atoms with van der Waals surface area (Å²) in [6.07, 6.45) is 2.32. The molecule has 0 fully saturated rings. The summed E-state index contributed by atoms with van der Waals surface area (Å²) >= 11 is 1.67. The predicted octanol–water partition coefficient (Wildman–Crippen LogP) is 3.44. The molecule has 0 radical (unpaired) electrons. The second kappa shape index (κ2) is 7.59. The SMILES string of the molecule is Cc1nc(SC(F)F)nc(C)c1CCC(=O)Nc1nccs1. The molecule has 0 saturated carbocycles. The summed E-state index contributed by atoms with van der Waals surface area (Å²) < 4.78 is 24.7. The van der Waals surface area contributed by atoms with Crippen LogP contribution in [0.5, 0.6) is 0 Å². The number of amides is 1. The molecule has 0 unspecified atom stereocenters. The number of aromatic nitrogens is 3. The van der Waals surface area contributed by atoms with E-state index < -0.39 is 5.76 Å². The van der Waals surface area contributed by atoms with E-state index in [4.69, 9.17) is 0 Å². The van der Waals surface area contributed by atoms with Crippen LogP contribution in [0.2, 0.25) is 0 Å². The van der Waals surface area contributed by atoms with Crippen LogP contribution in [0.1, 0.15) is 23.4 Å². The molecule has 0 spiro atoms. The van der Waals surface area contributed by atoms with Gasteiger partial charge in [-0.05, 0) is 37.6 Å². The van der Waals surface area contributed by atoms with Crippen molar-refractivity contribution in [3.63, 3.8) is 0 Å². The summed E-state index contributed by atoms with van der Waals surface area (Å²) in [7, 11) is 0. The Morgan fingerprint density at radius 1 is 1.36 bits per heavy atom. The number of rotatable bonds is 6. The minimum absolute atomic E-state index is 0.0565. The van der Waals surface area contributed by atoms with Crippen molar-refractivity contribution in [2.45, 2.75) is 37.6 Å². The number of carbonyl (C=O) groups is 1. The van der Waals surface area contributed by atoms with Crippen LogP contribution >= 0.6 is 23.1 Å². The van der Waals surface area contributed by atoms with Gasteiger partial charge in [0.25, 0.3) is 5.76 Å². The Balaban J connectivity index is 1.99. The fourth-order valence-corrected chi connectivity index (χ4v) is 2.99. The van der Waals surface area contributed by atoms with Gasteiger partial charge in [0.1, 0.15) is 0 Å². The third-order valence-corrected chi connectivity index (χ3v) is 4.14. The molecule has 2 rings (SSSR count). The standard InChI is InChI=1S/C13H14F2N4OS2/c1-7-9(8(2)18-13(17-7)22-11(14)15)3-4-10(20)19-12-16-5-6-21-12/h5-6,11H,3-4H2,1-2H3,(H,16,19,20). The van der Waals surface area contributed by atoms with Gasteiger partial charge in [0.05, 0.1) is 0 Å². The first-order valence-corrected chi connectivity index (χ1v) is 8.20. The molecule has 9 heteroatoms. The fraction of sp³-hybridized carbons (Fsp3) is 0.385. The Morgan fingerprint density at radius 2 is 2.05 bits per heavy atom. The summed E-state index contributed by atoms with van der Waals surface area (Å²) in [5, 5.41) is 5.08. The minimum Gasteiger partial charge on any atom is -0.302 e. The van der Waals surface area contributed by atoms with Crippen LogP contribution in [0.15, 0.2) is 16.7 Å². The fourth-order valence-electron chi connectivity index (χ4n) is 1.91. The van der Waals surface area contributed by atoms with Gasteiger partial charge in [0, 0.05) is 29.4 Å². The maximum atomic E-state index is 12.3. The molecule has 1 amide bonds. The number of thiazole rings is 1. The molecule has 0 atom stereocenters. The molecular formula is C13H14F2N4OS2. The van der Waals surface area contributed by atoms with Gasteiger partial charge in [-0.2, -0.15) is 8.78 Å². The van der Waals surface area contributed by atoms with Gasteiger partial charge in [-0.1, -0.05) is 0 Å². The number of halogens is 2. The first-order chi connectivity index (χ1) is 10.5.